The van der Waals surface area contributed by atoms with E-state index in [1.807, 2.05) is 6.20 Å². The maximum atomic E-state index is 5.66. The van der Waals surface area contributed by atoms with Crippen LogP contribution in [0.4, 0.5) is 0 Å². The van der Waals surface area contributed by atoms with Crippen LogP contribution in [0.5, 0.6) is 0 Å². The summed E-state index contributed by atoms with van der Waals surface area (Å²) in [4.78, 5) is 0. The van der Waals surface area contributed by atoms with Crippen molar-refractivity contribution in [1.29, 1.82) is 0 Å². The van der Waals surface area contributed by atoms with E-state index in [1.165, 1.54) is 0 Å². The van der Waals surface area contributed by atoms with Crippen LogP contribution in [0.15, 0.2) is 12.3 Å². The van der Waals surface area contributed by atoms with Gasteiger partial charge in [0.25, 0.3) is 0 Å². The van der Waals surface area contributed by atoms with Gasteiger partial charge in [0.1, 0.15) is 0 Å². The van der Waals surface area contributed by atoms with Gasteiger partial charge in [0, 0.05) is 19.2 Å². The Morgan fingerprint density at radius 2 is 2.31 bits per heavy atom. The minimum absolute atomic E-state index is 0.0667. The van der Waals surface area contributed by atoms with E-state index in [4.69, 9.17) is 21.1 Å². The minimum Gasteiger partial charge on any atom is -0.350 e. The molecule has 13 heavy (non-hydrogen) atoms. The Hall–Kier alpha value is -0.580. The van der Waals surface area contributed by atoms with Crippen molar-refractivity contribution in [2.45, 2.75) is 19.3 Å². The van der Waals surface area contributed by atoms with Crippen molar-refractivity contribution in [2.24, 2.45) is 0 Å². The van der Waals surface area contributed by atoms with Crippen LogP contribution in [0.2, 0.25) is 5.15 Å². The zero-order valence-corrected chi connectivity index (χ0v) is 7.91. The Labute approximate surface area is 81.4 Å². The smallest absolute Gasteiger partial charge is 0.159 e. The lowest BCUT2D eigenvalue weighted by Crippen LogP contribution is -2.12. The van der Waals surface area contributed by atoms with Crippen LogP contribution in [0.25, 0.3) is 0 Å². The molecule has 0 radical (unpaired) electrons. The quantitative estimate of drug-likeness (QED) is 0.742. The second-order valence-electron chi connectivity index (χ2n) is 2.86. The van der Waals surface area contributed by atoms with Crippen molar-refractivity contribution >= 4 is 11.6 Å². The Balaban J connectivity index is 1.78. The first-order valence-corrected chi connectivity index (χ1v) is 4.64. The highest BCUT2D eigenvalue weighted by molar-refractivity contribution is 6.29. The van der Waals surface area contributed by atoms with Crippen LogP contribution in [0.1, 0.15) is 6.42 Å². The van der Waals surface area contributed by atoms with Crippen LogP contribution in [-0.4, -0.2) is 29.3 Å². The molecule has 0 atom stereocenters. The van der Waals surface area contributed by atoms with Crippen molar-refractivity contribution in [3.63, 3.8) is 0 Å². The number of halogens is 1. The Morgan fingerprint density at radius 3 is 2.92 bits per heavy atom. The molecule has 0 spiro atoms. The Kier molecular flexibility index (Phi) is 2.83. The average Bonchev–Trinajstić information content (AvgIpc) is 2.71. The zero-order chi connectivity index (χ0) is 9.10. The Morgan fingerprint density at radius 1 is 1.54 bits per heavy atom. The van der Waals surface area contributed by atoms with Crippen molar-refractivity contribution in [2.75, 3.05) is 13.2 Å². The summed E-state index contributed by atoms with van der Waals surface area (Å²) in [5.74, 6) is 0. The fraction of sp³-hybridized carbons (Fsp3) is 0.625. The van der Waals surface area contributed by atoms with E-state index < -0.39 is 0 Å². The molecule has 4 nitrogen and oxygen atoms in total. The molecule has 0 aromatic carbocycles. The number of aromatic nitrogens is 2. The van der Waals surface area contributed by atoms with E-state index in [0.29, 0.717) is 18.4 Å². The van der Waals surface area contributed by atoms with E-state index in [-0.39, 0.29) is 6.29 Å². The largest absolute Gasteiger partial charge is 0.350 e. The second kappa shape index (κ2) is 4.09. The van der Waals surface area contributed by atoms with E-state index >= 15 is 0 Å². The van der Waals surface area contributed by atoms with Gasteiger partial charge in [-0.2, -0.15) is 5.10 Å². The maximum absolute atomic E-state index is 5.66. The first-order chi connectivity index (χ1) is 6.34. The summed E-state index contributed by atoms with van der Waals surface area (Å²) >= 11 is 5.66. The standard InChI is InChI=1S/C8H11ClN2O2/c9-7-1-3-11(10-7)4-2-8-12-5-6-13-8/h1,3,8H,2,4-6H2. The monoisotopic (exact) mass is 202 g/mol. The zero-order valence-electron chi connectivity index (χ0n) is 7.15. The molecule has 2 rings (SSSR count). The van der Waals surface area contributed by atoms with Gasteiger partial charge in [0.05, 0.1) is 13.2 Å². The van der Waals surface area contributed by atoms with Crippen molar-refractivity contribution in [1.82, 2.24) is 9.78 Å². The highest BCUT2D eigenvalue weighted by Crippen LogP contribution is 2.10. The number of nitrogens with zero attached hydrogens (tertiary/aromatic N) is 2. The van der Waals surface area contributed by atoms with E-state index in [2.05, 4.69) is 5.10 Å². The first kappa shape index (κ1) is 8.99. The molecular formula is C8H11ClN2O2. The molecule has 0 bridgehead atoms. The number of rotatable bonds is 3. The van der Waals surface area contributed by atoms with Gasteiger partial charge < -0.3 is 9.47 Å². The van der Waals surface area contributed by atoms with Crippen LogP contribution >= 0.6 is 11.6 Å². The first-order valence-electron chi connectivity index (χ1n) is 4.27. The third-order valence-electron chi connectivity index (χ3n) is 1.89. The molecule has 1 aromatic heterocycles. The molecule has 0 unspecified atom stereocenters. The maximum Gasteiger partial charge on any atom is 0.159 e. The summed E-state index contributed by atoms with van der Waals surface area (Å²) in [5.41, 5.74) is 0. The highest BCUT2D eigenvalue weighted by atomic mass is 35.5. The molecule has 0 aliphatic carbocycles. The van der Waals surface area contributed by atoms with E-state index in [9.17, 15) is 0 Å². The van der Waals surface area contributed by atoms with Gasteiger partial charge in [-0.25, -0.2) is 0 Å². The lowest BCUT2D eigenvalue weighted by atomic mass is 10.4. The van der Waals surface area contributed by atoms with Crippen LogP contribution in [-0.2, 0) is 16.0 Å². The number of hydrogen-bond donors (Lipinski definition) is 0. The summed E-state index contributed by atoms with van der Waals surface area (Å²) < 4.78 is 12.4. The van der Waals surface area contributed by atoms with E-state index in [0.717, 1.165) is 13.0 Å². The van der Waals surface area contributed by atoms with Crippen LogP contribution in [0.3, 0.4) is 0 Å². The lowest BCUT2D eigenvalue weighted by Gasteiger charge is -2.07. The molecule has 1 aliphatic rings. The molecule has 5 heteroatoms. The van der Waals surface area contributed by atoms with Crippen LogP contribution in [0, 0.1) is 0 Å². The predicted molar refractivity (Wildman–Crippen MR) is 47.5 cm³/mol. The van der Waals surface area contributed by atoms with Gasteiger partial charge in [-0.1, -0.05) is 11.6 Å². The summed E-state index contributed by atoms with van der Waals surface area (Å²) in [6.07, 6.45) is 2.60. The van der Waals surface area contributed by atoms with Gasteiger partial charge in [-0.15, -0.1) is 0 Å². The third-order valence-corrected chi connectivity index (χ3v) is 2.09. The van der Waals surface area contributed by atoms with Gasteiger partial charge in [0.15, 0.2) is 11.4 Å². The molecule has 1 fully saturated rings. The van der Waals surface area contributed by atoms with Gasteiger partial charge in [-0.3, -0.25) is 4.68 Å². The summed E-state index contributed by atoms with van der Waals surface area (Å²) in [6, 6.07) is 1.76. The van der Waals surface area contributed by atoms with E-state index in [1.54, 1.807) is 10.7 Å². The lowest BCUT2D eigenvalue weighted by molar-refractivity contribution is -0.0495. The van der Waals surface area contributed by atoms with Gasteiger partial charge >= 0.3 is 0 Å². The molecule has 72 valence electrons. The fourth-order valence-corrected chi connectivity index (χ4v) is 1.43. The summed E-state index contributed by atoms with van der Waals surface area (Å²) in [7, 11) is 0. The second-order valence-corrected chi connectivity index (χ2v) is 3.25. The van der Waals surface area contributed by atoms with Gasteiger partial charge in [0.2, 0.25) is 0 Å². The molecule has 2 heterocycles. The predicted octanol–water partition coefficient (Wildman–Crippen LogP) is 1.30. The molecule has 1 aromatic rings. The van der Waals surface area contributed by atoms with Gasteiger partial charge in [-0.05, 0) is 6.07 Å². The third kappa shape index (κ3) is 2.43. The molecule has 0 amide bonds. The molecule has 1 saturated heterocycles. The minimum atomic E-state index is -0.0667. The van der Waals surface area contributed by atoms with Crippen molar-refractivity contribution in [3.05, 3.63) is 17.4 Å². The summed E-state index contributed by atoms with van der Waals surface area (Å²) in [6.45, 7) is 2.17. The molecule has 1 aliphatic heterocycles. The van der Waals surface area contributed by atoms with Crippen molar-refractivity contribution < 1.29 is 9.47 Å². The average molecular weight is 203 g/mol. The number of aryl methyl sites for hydroxylation is 1. The van der Waals surface area contributed by atoms with Crippen molar-refractivity contribution in [3.8, 4) is 0 Å². The normalized spacial score (nSPS) is 18.2. The SMILES string of the molecule is Clc1ccn(CCC2OCCO2)n1. The topological polar surface area (TPSA) is 36.3 Å². The fourth-order valence-electron chi connectivity index (χ4n) is 1.27. The molecular weight excluding hydrogens is 192 g/mol. The molecule has 0 N–H and O–H groups in total. The number of ether oxygens (including phenoxy) is 2. The number of hydrogen-bond acceptors (Lipinski definition) is 3. The van der Waals surface area contributed by atoms with Crippen LogP contribution < -0.4 is 0 Å². The highest BCUT2D eigenvalue weighted by Gasteiger charge is 2.15. The molecule has 0 saturated carbocycles. The Bertz CT molecular complexity index is 271. The summed E-state index contributed by atoms with van der Waals surface area (Å²) in [5, 5.41) is 4.56.